The summed E-state index contributed by atoms with van der Waals surface area (Å²) in [6, 6.07) is 0. The van der Waals surface area contributed by atoms with Crippen LogP contribution in [0.15, 0.2) is 0 Å². The fourth-order valence-electron chi connectivity index (χ4n) is 0.107. The number of alkyl halides is 4. The third kappa shape index (κ3) is 22.9. The molecule has 0 saturated heterocycles. The van der Waals surface area contributed by atoms with Gasteiger partial charge < -0.3 is 0 Å². The molecule has 0 aliphatic carbocycles. The van der Waals surface area contributed by atoms with Gasteiger partial charge in [0.1, 0.15) is 0 Å². The summed E-state index contributed by atoms with van der Waals surface area (Å²) in [5, 5.41) is 0. The van der Waals surface area contributed by atoms with E-state index in [1.165, 1.54) is 6.42 Å². The summed E-state index contributed by atoms with van der Waals surface area (Å²) in [5.41, 5.74) is 0. The van der Waals surface area contributed by atoms with Crippen molar-refractivity contribution in [3.8, 4) is 0 Å². The normalized spacial score (nSPS) is 10.2. The largest absolute Gasteiger partial charge is 0.191 e. The van der Waals surface area contributed by atoms with Crippen LogP contribution in [0.5, 0.6) is 0 Å². The molecule has 0 unspecified atom stereocenters. The molecule has 0 fully saturated rings. The van der Waals surface area contributed by atoms with Crippen LogP contribution in [0.3, 0.4) is 0 Å². The van der Waals surface area contributed by atoms with E-state index in [2.05, 4.69) is 13.8 Å². The molecule has 0 saturated carbocycles. The highest BCUT2D eigenvalue weighted by Crippen LogP contribution is 2.29. The van der Waals surface area contributed by atoms with Crippen LogP contribution in [-0.4, -0.2) is 9.67 Å². The van der Waals surface area contributed by atoms with Gasteiger partial charge in [-0.05, 0) is 0 Å². The van der Waals surface area contributed by atoms with Crippen molar-refractivity contribution < 1.29 is 0 Å². The predicted octanol–water partition coefficient (Wildman–Crippen LogP) is 4.40. The van der Waals surface area contributed by atoms with Crippen molar-refractivity contribution >= 4 is 46.4 Å². The van der Waals surface area contributed by atoms with Gasteiger partial charge in [-0.1, -0.05) is 55.1 Å². The maximum absolute atomic E-state index is 5.28. The molecule has 10 heavy (non-hydrogen) atoms. The monoisotopic (exact) mass is 224 g/mol. The van der Waals surface area contributed by atoms with Gasteiger partial charge in [0.25, 0.3) is 0 Å². The van der Waals surface area contributed by atoms with E-state index < -0.39 is 3.79 Å². The Balaban J connectivity index is 0. The molecule has 0 spiro atoms. The van der Waals surface area contributed by atoms with E-state index in [0.717, 1.165) is 0 Å². The molecule has 0 bridgehead atoms. The highest BCUT2D eigenvalue weighted by Gasteiger charge is 2.17. The molecule has 0 nitrogen and oxygen atoms in total. The van der Waals surface area contributed by atoms with Gasteiger partial charge in [-0.15, -0.1) is 11.6 Å². The zero-order valence-corrected chi connectivity index (χ0v) is 9.16. The second-order valence-corrected chi connectivity index (χ2v) is 4.66. The van der Waals surface area contributed by atoms with Gasteiger partial charge in [-0.25, -0.2) is 0 Å². The minimum absolute atomic E-state index is 0.385. The van der Waals surface area contributed by atoms with E-state index in [-0.39, 0.29) is 0 Å². The molecule has 0 aromatic heterocycles. The van der Waals surface area contributed by atoms with E-state index in [0.29, 0.717) is 12.3 Å². The lowest BCUT2D eigenvalue weighted by Crippen LogP contribution is -2.01. The molecule has 0 amide bonds. The Labute approximate surface area is 82.8 Å². The zero-order valence-electron chi connectivity index (χ0n) is 6.13. The smallest absolute Gasteiger partial charge is 0.127 e. The molecule has 0 aromatic carbocycles. The number of hydrogen-bond acceptors (Lipinski definition) is 0. The van der Waals surface area contributed by atoms with Crippen LogP contribution in [-0.2, 0) is 0 Å². The van der Waals surface area contributed by atoms with Gasteiger partial charge in [-0.2, -0.15) is 0 Å². The van der Waals surface area contributed by atoms with Gasteiger partial charge in [0.15, 0.2) is 3.79 Å². The van der Waals surface area contributed by atoms with E-state index in [4.69, 9.17) is 46.4 Å². The molecular weight excluding hydrogens is 214 g/mol. The van der Waals surface area contributed by atoms with Crippen molar-refractivity contribution in [3.05, 3.63) is 0 Å². The van der Waals surface area contributed by atoms with Gasteiger partial charge >= 0.3 is 0 Å². The average molecular weight is 226 g/mol. The average Bonchev–Trinajstić information content (AvgIpc) is 1.63. The lowest BCUT2D eigenvalue weighted by molar-refractivity contribution is 0.983. The molecule has 0 aromatic rings. The summed E-state index contributed by atoms with van der Waals surface area (Å²) in [4.78, 5) is 0. The van der Waals surface area contributed by atoms with Crippen molar-refractivity contribution in [1.29, 1.82) is 0 Å². The SMILES string of the molecule is CCC.ClCCC(Cl)(Cl)Cl. The van der Waals surface area contributed by atoms with Crippen molar-refractivity contribution in [3.63, 3.8) is 0 Å². The molecule has 4 heteroatoms. The molecule has 0 rings (SSSR count). The van der Waals surface area contributed by atoms with E-state index in [9.17, 15) is 0 Å². The van der Waals surface area contributed by atoms with Crippen LogP contribution in [0.2, 0.25) is 0 Å². The molecular formula is C6H12Cl4. The van der Waals surface area contributed by atoms with E-state index in [1.807, 2.05) is 0 Å². The van der Waals surface area contributed by atoms with Gasteiger partial charge in [0.05, 0.1) is 0 Å². The standard InChI is InChI=1S/C3H4Cl4.C3H8/c4-2-1-3(5,6)7;1-3-2/h1-2H2;3H2,1-2H3. The summed E-state index contributed by atoms with van der Waals surface area (Å²) < 4.78 is -1.16. The highest BCUT2D eigenvalue weighted by atomic mass is 35.6. The van der Waals surface area contributed by atoms with Crippen LogP contribution in [0.1, 0.15) is 26.7 Å². The third-order valence-corrected chi connectivity index (χ3v) is 1.13. The first-order chi connectivity index (χ1) is 4.47. The number of halogens is 4. The minimum atomic E-state index is -1.16. The second kappa shape index (κ2) is 8.26. The van der Waals surface area contributed by atoms with Crippen molar-refractivity contribution in [1.82, 2.24) is 0 Å². The summed E-state index contributed by atoms with van der Waals surface area (Å²) in [5.74, 6) is 0.385. The van der Waals surface area contributed by atoms with Crippen molar-refractivity contribution in [2.75, 3.05) is 5.88 Å². The Hall–Kier alpha value is 1.16. The first-order valence-corrected chi connectivity index (χ1v) is 4.77. The second-order valence-electron chi connectivity index (χ2n) is 1.76. The quantitative estimate of drug-likeness (QED) is 0.581. The predicted molar refractivity (Wildman–Crippen MR) is 51.6 cm³/mol. The number of hydrogen-bond donors (Lipinski definition) is 0. The van der Waals surface area contributed by atoms with Crippen LogP contribution in [0, 0.1) is 0 Å². The van der Waals surface area contributed by atoms with E-state index >= 15 is 0 Å². The Morgan fingerprint density at radius 2 is 1.40 bits per heavy atom. The molecule has 0 heterocycles. The first kappa shape index (κ1) is 13.7. The fourth-order valence-corrected chi connectivity index (χ4v) is 0.964. The van der Waals surface area contributed by atoms with Gasteiger partial charge in [0.2, 0.25) is 0 Å². The lowest BCUT2D eigenvalue weighted by atomic mass is 10.6. The molecule has 0 aliphatic rings. The third-order valence-electron chi connectivity index (χ3n) is 0.378. The summed E-state index contributed by atoms with van der Waals surface area (Å²) in [6.07, 6.45) is 1.65. The Kier molecular flexibility index (Phi) is 11.3. The van der Waals surface area contributed by atoms with Crippen LogP contribution in [0.4, 0.5) is 0 Å². The topological polar surface area (TPSA) is 0 Å². The van der Waals surface area contributed by atoms with Gasteiger partial charge in [0, 0.05) is 12.3 Å². The van der Waals surface area contributed by atoms with Crippen LogP contribution >= 0.6 is 46.4 Å². The fraction of sp³-hybridized carbons (Fsp3) is 1.00. The molecule has 64 valence electrons. The summed E-state index contributed by atoms with van der Waals surface area (Å²) in [6.45, 7) is 4.25. The lowest BCUT2D eigenvalue weighted by Gasteiger charge is -2.04. The maximum atomic E-state index is 5.28. The van der Waals surface area contributed by atoms with E-state index in [1.54, 1.807) is 0 Å². The molecule has 0 atom stereocenters. The zero-order chi connectivity index (χ0) is 8.62. The number of rotatable bonds is 1. The first-order valence-electron chi connectivity index (χ1n) is 3.10. The van der Waals surface area contributed by atoms with Crippen LogP contribution in [0.25, 0.3) is 0 Å². The Morgan fingerprint density at radius 1 is 1.10 bits per heavy atom. The van der Waals surface area contributed by atoms with Crippen LogP contribution < -0.4 is 0 Å². The molecule has 0 radical (unpaired) electrons. The Bertz CT molecular complexity index is 57.3. The summed E-state index contributed by atoms with van der Waals surface area (Å²) >= 11 is 21.1. The van der Waals surface area contributed by atoms with Gasteiger partial charge in [-0.3, -0.25) is 0 Å². The maximum Gasteiger partial charge on any atom is 0.191 e. The minimum Gasteiger partial charge on any atom is -0.127 e. The molecule has 0 aliphatic heterocycles. The van der Waals surface area contributed by atoms with Crippen molar-refractivity contribution in [2.45, 2.75) is 30.5 Å². The highest BCUT2D eigenvalue weighted by molar-refractivity contribution is 6.67. The Morgan fingerprint density at radius 3 is 1.40 bits per heavy atom. The molecule has 0 N–H and O–H groups in total. The summed E-state index contributed by atoms with van der Waals surface area (Å²) in [7, 11) is 0. The van der Waals surface area contributed by atoms with Crippen molar-refractivity contribution in [2.24, 2.45) is 0 Å².